The first-order valence-corrected chi connectivity index (χ1v) is 9.10. The van der Waals surface area contributed by atoms with Crippen LogP contribution < -0.4 is 10.0 Å². The molecular weight excluding hydrogens is 342 g/mol. The number of aryl methyl sites for hydroxylation is 1. The molecule has 2 rings (SSSR count). The fourth-order valence-electron chi connectivity index (χ4n) is 2.11. The van der Waals surface area contributed by atoms with Gasteiger partial charge in [-0.15, -0.1) is 0 Å². The van der Waals surface area contributed by atoms with Gasteiger partial charge in [-0.1, -0.05) is 22.0 Å². The molecular formula is C13H20BrN3O2S. The highest BCUT2D eigenvalue weighted by molar-refractivity contribution is 9.10. The van der Waals surface area contributed by atoms with Gasteiger partial charge >= 0.3 is 0 Å². The van der Waals surface area contributed by atoms with E-state index < -0.39 is 10.0 Å². The van der Waals surface area contributed by atoms with E-state index >= 15 is 0 Å². The molecule has 1 aromatic carbocycles. The third kappa shape index (κ3) is 4.73. The molecule has 0 saturated carbocycles. The van der Waals surface area contributed by atoms with Gasteiger partial charge < -0.3 is 5.32 Å². The molecule has 1 saturated heterocycles. The Morgan fingerprint density at radius 1 is 1.35 bits per heavy atom. The summed E-state index contributed by atoms with van der Waals surface area (Å²) in [7, 11) is -3.31. The molecule has 0 radical (unpaired) electrons. The second-order valence-electron chi connectivity index (χ2n) is 4.97. The minimum Gasteiger partial charge on any atom is -0.314 e. The van der Waals surface area contributed by atoms with Gasteiger partial charge in [0.15, 0.2) is 0 Å². The Labute approximate surface area is 128 Å². The summed E-state index contributed by atoms with van der Waals surface area (Å²) in [6, 6.07) is 5.57. The SMILES string of the molecule is Cc1ccc(Br)cc1NS(=O)(=O)CCN1CCNCC1. The van der Waals surface area contributed by atoms with Crippen LogP contribution >= 0.6 is 15.9 Å². The van der Waals surface area contributed by atoms with Gasteiger partial charge in [-0.3, -0.25) is 9.62 Å². The van der Waals surface area contributed by atoms with E-state index in [4.69, 9.17) is 0 Å². The van der Waals surface area contributed by atoms with Crippen molar-refractivity contribution in [3.63, 3.8) is 0 Å². The van der Waals surface area contributed by atoms with E-state index in [1.54, 1.807) is 6.07 Å². The summed E-state index contributed by atoms with van der Waals surface area (Å²) in [6.07, 6.45) is 0. The summed E-state index contributed by atoms with van der Waals surface area (Å²) >= 11 is 3.36. The van der Waals surface area contributed by atoms with Gasteiger partial charge in [0, 0.05) is 37.2 Å². The van der Waals surface area contributed by atoms with Crippen molar-refractivity contribution in [3.8, 4) is 0 Å². The van der Waals surface area contributed by atoms with Crippen LogP contribution in [0.2, 0.25) is 0 Å². The molecule has 20 heavy (non-hydrogen) atoms. The number of anilines is 1. The molecule has 1 aliphatic heterocycles. The predicted molar refractivity (Wildman–Crippen MR) is 85.6 cm³/mol. The fourth-order valence-corrected chi connectivity index (χ4v) is 3.62. The van der Waals surface area contributed by atoms with E-state index in [2.05, 4.69) is 30.9 Å². The molecule has 1 aliphatic rings. The number of benzene rings is 1. The van der Waals surface area contributed by atoms with E-state index in [0.29, 0.717) is 12.2 Å². The molecule has 7 heteroatoms. The average Bonchev–Trinajstić information content (AvgIpc) is 2.42. The molecule has 1 fully saturated rings. The molecule has 0 aromatic heterocycles. The summed E-state index contributed by atoms with van der Waals surface area (Å²) in [5.41, 5.74) is 1.55. The second kappa shape index (κ2) is 6.89. The lowest BCUT2D eigenvalue weighted by molar-refractivity contribution is 0.254. The van der Waals surface area contributed by atoms with Crippen LogP contribution in [0.25, 0.3) is 0 Å². The summed E-state index contributed by atoms with van der Waals surface area (Å²) in [6.45, 7) is 6.14. The van der Waals surface area contributed by atoms with Crippen LogP contribution in [0.5, 0.6) is 0 Å². The van der Waals surface area contributed by atoms with Crippen LogP contribution in [-0.4, -0.2) is 51.8 Å². The maximum absolute atomic E-state index is 12.1. The van der Waals surface area contributed by atoms with Crippen molar-refractivity contribution < 1.29 is 8.42 Å². The van der Waals surface area contributed by atoms with Crippen molar-refractivity contribution in [2.24, 2.45) is 0 Å². The van der Waals surface area contributed by atoms with E-state index in [1.807, 2.05) is 19.1 Å². The molecule has 1 heterocycles. The maximum Gasteiger partial charge on any atom is 0.233 e. The van der Waals surface area contributed by atoms with E-state index in [9.17, 15) is 8.42 Å². The third-order valence-corrected chi connectivity index (χ3v) is 5.10. The van der Waals surface area contributed by atoms with Crippen LogP contribution in [0.3, 0.4) is 0 Å². The lowest BCUT2D eigenvalue weighted by Crippen LogP contribution is -2.45. The van der Waals surface area contributed by atoms with Crippen LogP contribution in [0, 0.1) is 6.92 Å². The van der Waals surface area contributed by atoms with Crippen molar-refractivity contribution in [2.45, 2.75) is 6.92 Å². The Morgan fingerprint density at radius 2 is 2.05 bits per heavy atom. The normalized spacial score (nSPS) is 17.1. The Bertz CT molecular complexity index is 557. The lowest BCUT2D eigenvalue weighted by Gasteiger charge is -2.27. The highest BCUT2D eigenvalue weighted by Gasteiger charge is 2.16. The maximum atomic E-state index is 12.1. The smallest absolute Gasteiger partial charge is 0.233 e. The number of nitrogens with zero attached hydrogens (tertiary/aromatic N) is 1. The van der Waals surface area contributed by atoms with Crippen LogP contribution in [0.4, 0.5) is 5.69 Å². The molecule has 112 valence electrons. The van der Waals surface area contributed by atoms with Gasteiger partial charge in [0.1, 0.15) is 0 Å². The lowest BCUT2D eigenvalue weighted by atomic mass is 10.2. The predicted octanol–water partition coefficient (Wildman–Crippen LogP) is 1.40. The summed E-state index contributed by atoms with van der Waals surface area (Å²) in [5.74, 6) is 0.124. The van der Waals surface area contributed by atoms with Crippen molar-refractivity contribution in [1.29, 1.82) is 0 Å². The topological polar surface area (TPSA) is 61.4 Å². The quantitative estimate of drug-likeness (QED) is 0.832. The number of rotatable bonds is 5. The van der Waals surface area contributed by atoms with Gasteiger partial charge in [-0.25, -0.2) is 8.42 Å². The number of sulfonamides is 1. The van der Waals surface area contributed by atoms with E-state index in [0.717, 1.165) is 36.2 Å². The molecule has 1 aromatic rings. The fraction of sp³-hybridized carbons (Fsp3) is 0.538. The van der Waals surface area contributed by atoms with E-state index in [-0.39, 0.29) is 5.75 Å². The average molecular weight is 362 g/mol. The Hall–Kier alpha value is -0.630. The molecule has 0 amide bonds. The first kappa shape index (κ1) is 15.8. The van der Waals surface area contributed by atoms with E-state index in [1.165, 1.54) is 0 Å². The monoisotopic (exact) mass is 361 g/mol. The van der Waals surface area contributed by atoms with Crippen molar-refractivity contribution in [2.75, 3.05) is 43.2 Å². The number of nitrogens with one attached hydrogen (secondary N) is 2. The largest absolute Gasteiger partial charge is 0.314 e. The van der Waals surface area contributed by atoms with Crippen molar-refractivity contribution >= 4 is 31.6 Å². The van der Waals surface area contributed by atoms with Crippen LogP contribution in [-0.2, 0) is 10.0 Å². The van der Waals surface area contributed by atoms with Gasteiger partial charge in [-0.2, -0.15) is 0 Å². The second-order valence-corrected chi connectivity index (χ2v) is 7.73. The Morgan fingerprint density at radius 3 is 2.75 bits per heavy atom. The summed E-state index contributed by atoms with van der Waals surface area (Å²) < 4.78 is 27.8. The molecule has 0 spiro atoms. The van der Waals surface area contributed by atoms with Crippen molar-refractivity contribution in [3.05, 3.63) is 28.2 Å². The van der Waals surface area contributed by atoms with Gasteiger partial charge in [0.05, 0.1) is 11.4 Å². The van der Waals surface area contributed by atoms with Gasteiger partial charge in [-0.05, 0) is 24.6 Å². The first-order valence-electron chi connectivity index (χ1n) is 6.66. The minimum atomic E-state index is -3.31. The zero-order valence-electron chi connectivity index (χ0n) is 11.5. The minimum absolute atomic E-state index is 0.124. The molecule has 5 nitrogen and oxygen atoms in total. The number of halogens is 1. The van der Waals surface area contributed by atoms with Crippen LogP contribution in [0.1, 0.15) is 5.56 Å². The van der Waals surface area contributed by atoms with Gasteiger partial charge in [0.2, 0.25) is 10.0 Å². The first-order chi connectivity index (χ1) is 9.46. The standard InChI is InChI=1S/C13H20BrN3O2S/c1-11-2-3-12(14)10-13(11)16-20(18,19)9-8-17-6-4-15-5-7-17/h2-3,10,15-16H,4-9H2,1H3. The molecule has 0 unspecified atom stereocenters. The molecule has 0 bridgehead atoms. The number of hydrogen-bond donors (Lipinski definition) is 2. The highest BCUT2D eigenvalue weighted by Crippen LogP contribution is 2.21. The van der Waals surface area contributed by atoms with Crippen molar-refractivity contribution in [1.82, 2.24) is 10.2 Å². The third-order valence-electron chi connectivity index (χ3n) is 3.35. The van der Waals surface area contributed by atoms with Crippen LogP contribution in [0.15, 0.2) is 22.7 Å². The number of hydrogen-bond acceptors (Lipinski definition) is 4. The van der Waals surface area contributed by atoms with Gasteiger partial charge in [0.25, 0.3) is 0 Å². The summed E-state index contributed by atoms with van der Waals surface area (Å²) in [5, 5.41) is 3.25. The Balaban J connectivity index is 1.94. The Kier molecular flexibility index (Phi) is 5.42. The zero-order chi connectivity index (χ0) is 14.6. The summed E-state index contributed by atoms with van der Waals surface area (Å²) in [4.78, 5) is 2.17. The molecule has 0 atom stereocenters. The zero-order valence-corrected chi connectivity index (χ0v) is 13.9. The number of piperazine rings is 1. The molecule has 0 aliphatic carbocycles. The highest BCUT2D eigenvalue weighted by atomic mass is 79.9. The molecule has 2 N–H and O–H groups in total.